The molecule has 0 aliphatic carbocycles. The number of pyridine rings is 1. The van der Waals surface area contributed by atoms with Gasteiger partial charge in [0.05, 0.1) is 10.6 Å². The van der Waals surface area contributed by atoms with Gasteiger partial charge in [-0.3, -0.25) is 10.1 Å². The SMILES string of the molecule is Cc1ccc(-c2cc(-c3cccc([N+](=O)[O-])c3)c(C#N)c(N)n2)cc1C. The number of nitrogens with two attached hydrogens (primary N) is 1. The van der Waals surface area contributed by atoms with Gasteiger partial charge in [0.1, 0.15) is 17.5 Å². The maximum absolute atomic E-state index is 11.1. The van der Waals surface area contributed by atoms with Crippen LogP contribution in [0.2, 0.25) is 0 Å². The number of nitro groups is 1. The van der Waals surface area contributed by atoms with E-state index in [9.17, 15) is 15.4 Å². The Morgan fingerprint density at radius 1 is 1.08 bits per heavy atom. The van der Waals surface area contributed by atoms with Crippen molar-refractivity contribution in [2.75, 3.05) is 5.73 Å². The molecule has 0 radical (unpaired) electrons. The first-order valence-corrected chi connectivity index (χ1v) is 7.94. The highest BCUT2D eigenvalue weighted by atomic mass is 16.6. The Morgan fingerprint density at radius 2 is 1.85 bits per heavy atom. The van der Waals surface area contributed by atoms with Crippen LogP contribution in [0.15, 0.2) is 48.5 Å². The average molecular weight is 344 g/mol. The fourth-order valence-corrected chi connectivity index (χ4v) is 2.75. The molecular weight excluding hydrogens is 328 g/mol. The second-order valence-corrected chi connectivity index (χ2v) is 6.03. The van der Waals surface area contributed by atoms with Gasteiger partial charge in [-0.25, -0.2) is 4.98 Å². The quantitative estimate of drug-likeness (QED) is 0.560. The Balaban J connectivity index is 2.23. The van der Waals surface area contributed by atoms with Crippen LogP contribution in [0, 0.1) is 35.3 Å². The molecule has 128 valence electrons. The molecule has 0 spiro atoms. The molecule has 1 aromatic heterocycles. The number of non-ortho nitro benzene ring substituents is 1. The third-order valence-corrected chi connectivity index (χ3v) is 4.33. The van der Waals surface area contributed by atoms with E-state index in [-0.39, 0.29) is 17.1 Å². The highest BCUT2D eigenvalue weighted by Crippen LogP contribution is 2.33. The lowest BCUT2D eigenvalue weighted by molar-refractivity contribution is -0.384. The molecule has 0 unspecified atom stereocenters. The molecule has 2 N–H and O–H groups in total. The minimum absolute atomic E-state index is 0.0468. The van der Waals surface area contributed by atoms with Gasteiger partial charge in [-0.05, 0) is 42.7 Å². The van der Waals surface area contributed by atoms with E-state index in [1.807, 2.05) is 32.0 Å². The summed E-state index contributed by atoms with van der Waals surface area (Å²) in [6.45, 7) is 4.03. The zero-order valence-electron chi connectivity index (χ0n) is 14.4. The molecular formula is C20H16N4O2. The second-order valence-electron chi connectivity index (χ2n) is 6.03. The van der Waals surface area contributed by atoms with Crippen molar-refractivity contribution < 1.29 is 4.92 Å². The molecule has 0 amide bonds. The number of aromatic nitrogens is 1. The van der Waals surface area contributed by atoms with Crippen LogP contribution in [-0.4, -0.2) is 9.91 Å². The summed E-state index contributed by atoms with van der Waals surface area (Å²) in [6, 6.07) is 15.9. The van der Waals surface area contributed by atoms with E-state index >= 15 is 0 Å². The van der Waals surface area contributed by atoms with Gasteiger partial charge in [0.15, 0.2) is 0 Å². The molecule has 0 saturated heterocycles. The smallest absolute Gasteiger partial charge is 0.270 e. The number of benzene rings is 2. The van der Waals surface area contributed by atoms with Crippen molar-refractivity contribution >= 4 is 11.5 Å². The van der Waals surface area contributed by atoms with Gasteiger partial charge in [-0.2, -0.15) is 5.26 Å². The molecule has 0 fully saturated rings. The van der Waals surface area contributed by atoms with Crippen LogP contribution < -0.4 is 5.73 Å². The largest absolute Gasteiger partial charge is 0.383 e. The Bertz CT molecular complexity index is 1070. The Morgan fingerprint density at radius 3 is 2.50 bits per heavy atom. The van der Waals surface area contributed by atoms with Crippen LogP contribution >= 0.6 is 0 Å². The van der Waals surface area contributed by atoms with Crippen molar-refractivity contribution in [3.05, 3.63) is 75.3 Å². The van der Waals surface area contributed by atoms with E-state index in [4.69, 9.17) is 5.73 Å². The van der Waals surface area contributed by atoms with E-state index in [0.29, 0.717) is 16.8 Å². The number of nitriles is 1. The van der Waals surface area contributed by atoms with Gasteiger partial charge in [0.25, 0.3) is 5.69 Å². The van der Waals surface area contributed by atoms with E-state index in [1.54, 1.807) is 18.2 Å². The predicted molar refractivity (Wildman–Crippen MR) is 100 cm³/mol. The van der Waals surface area contributed by atoms with Crippen LogP contribution in [0.3, 0.4) is 0 Å². The molecule has 0 atom stereocenters. The number of rotatable bonds is 3. The first kappa shape index (κ1) is 17.1. The van der Waals surface area contributed by atoms with Gasteiger partial charge in [0, 0.05) is 23.3 Å². The number of aryl methyl sites for hydroxylation is 2. The maximum atomic E-state index is 11.1. The number of anilines is 1. The molecule has 6 nitrogen and oxygen atoms in total. The monoisotopic (exact) mass is 344 g/mol. The Hall–Kier alpha value is -3.72. The van der Waals surface area contributed by atoms with Crippen LogP contribution in [0.5, 0.6) is 0 Å². The third-order valence-electron chi connectivity index (χ3n) is 4.33. The Kier molecular flexibility index (Phi) is 4.38. The summed E-state index contributed by atoms with van der Waals surface area (Å²) in [7, 11) is 0. The van der Waals surface area contributed by atoms with Crippen molar-refractivity contribution in [1.82, 2.24) is 4.98 Å². The summed E-state index contributed by atoms with van der Waals surface area (Å²) in [4.78, 5) is 14.9. The number of nitrogens with zero attached hydrogens (tertiary/aromatic N) is 3. The minimum Gasteiger partial charge on any atom is -0.383 e. The summed E-state index contributed by atoms with van der Waals surface area (Å²) in [5.74, 6) is 0.102. The summed E-state index contributed by atoms with van der Waals surface area (Å²) in [6.07, 6.45) is 0. The lowest BCUT2D eigenvalue weighted by atomic mass is 9.97. The average Bonchev–Trinajstić information content (AvgIpc) is 2.63. The molecule has 0 saturated carbocycles. The number of hydrogen-bond acceptors (Lipinski definition) is 5. The predicted octanol–water partition coefficient (Wildman–Crippen LogP) is 4.39. The van der Waals surface area contributed by atoms with Gasteiger partial charge in [-0.15, -0.1) is 0 Å². The van der Waals surface area contributed by atoms with E-state index in [0.717, 1.165) is 16.7 Å². The van der Waals surface area contributed by atoms with Crippen molar-refractivity contribution in [2.24, 2.45) is 0 Å². The molecule has 2 aromatic carbocycles. The van der Waals surface area contributed by atoms with Crippen molar-refractivity contribution in [2.45, 2.75) is 13.8 Å². The molecule has 1 heterocycles. The number of nitro benzene ring substituents is 1. The number of nitrogen functional groups attached to an aromatic ring is 1. The lowest BCUT2D eigenvalue weighted by Crippen LogP contribution is -2.00. The fourth-order valence-electron chi connectivity index (χ4n) is 2.75. The zero-order valence-corrected chi connectivity index (χ0v) is 14.4. The first-order chi connectivity index (χ1) is 12.4. The van der Waals surface area contributed by atoms with Gasteiger partial charge in [0.2, 0.25) is 0 Å². The Labute approximate surface area is 150 Å². The van der Waals surface area contributed by atoms with Crippen molar-refractivity contribution in [1.29, 1.82) is 5.26 Å². The molecule has 0 bridgehead atoms. The molecule has 26 heavy (non-hydrogen) atoms. The van der Waals surface area contributed by atoms with Crippen molar-refractivity contribution in [3.63, 3.8) is 0 Å². The van der Waals surface area contributed by atoms with Crippen LogP contribution in [0.25, 0.3) is 22.4 Å². The van der Waals surface area contributed by atoms with E-state index in [1.165, 1.54) is 12.1 Å². The van der Waals surface area contributed by atoms with Crippen LogP contribution in [0.1, 0.15) is 16.7 Å². The summed E-state index contributed by atoms with van der Waals surface area (Å²) in [5, 5.41) is 20.5. The summed E-state index contributed by atoms with van der Waals surface area (Å²) >= 11 is 0. The van der Waals surface area contributed by atoms with Crippen LogP contribution in [0.4, 0.5) is 11.5 Å². The normalized spacial score (nSPS) is 10.3. The highest BCUT2D eigenvalue weighted by molar-refractivity contribution is 5.81. The first-order valence-electron chi connectivity index (χ1n) is 7.94. The highest BCUT2D eigenvalue weighted by Gasteiger charge is 2.16. The lowest BCUT2D eigenvalue weighted by Gasteiger charge is -2.11. The summed E-state index contributed by atoms with van der Waals surface area (Å²) < 4.78 is 0. The second kappa shape index (κ2) is 6.65. The van der Waals surface area contributed by atoms with E-state index < -0.39 is 4.92 Å². The third kappa shape index (κ3) is 3.10. The van der Waals surface area contributed by atoms with Gasteiger partial charge < -0.3 is 5.73 Å². The van der Waals surface area contributed by atoms with Crippen molar-refractivity contribution in [3.8, 4) is 28.5 Å². The molecule has 0 aliphatic rings. The van der Waals surface area contributed by atoms with Gasteiger partial charge >= 0.3 is 0 Å². The molecule has 0 aliphatic heterocycles. The van der Waals surface area contributed by atoms with Crippen LogP contribution in [-0.2, 0) is 0 Å². The molecule has 6 heteroatoms. The maximum Gasteiger partial charge on any atom is 0.270 e. The fraction of sp³-hybridized carbons (Fsp3) is 0.100. The summed E-state index contributed by atoms with van der Waals surface area (Å²) in [5.41, 5.74) is 11.0. The molecule has 3 aromatic rings. The van der Waals surface area contributed by atoms with E-state index in [2.05, 4.69) is 11.1 Å². The molecule has 3 rings (SSSR count). The van der Waals surface area contributed by atoms with Gasteiger partial charge in [-0.1, -0.05) is 24.3 Å². The number of hydrogen-bond donors (Lipinski definition) is 1. The zero-order chi connectivity index (χ0) is 18.8. The topological polar surface area (TPSA) is 106 Å². The standard InChI is InChI=1S/C20H16N4O2/c1-12-6-7-15(8-13(12)2)19-10-17(18(11-21)20(22)23-19)14-4-3-5-16(9-14)24(25)26/h3-10H,1-2H3,(H2,22,23). The minimum atomic E-state index is -0.468.